The molecule has 0 spiro atoms. The Hall–Kier alpha value is -3.62. The van der Waals surface area contributed by atoms with Crippen molar-refractivity contribution < 1.29 is 18.7 Å². The Morgan fingerprint density at radius 1 is 1.38 bits per heavy atom. The van der Waals surface area contributed by atoms with E-state index >= 15 is 0 Å². The van der Waals surface area contributed by atoms with Crippen LogP contribution in [0.25, 0.3) is 11.5 Å². The maximum atomic E-state index is 12.2. The predicted molar refractivity (Wildman–Crippen MR) is 83.5 cm³/mol. The zero-order valence-electron chi connectivity index (χ0n) is 12.6. The molecule has 0 radical (unpaired) electrons. The van der Waals surface area contributed by atoms with Gasteiger partial charge in [-0.3, -0.25) is 14.7 Å². The minimum absolute atomic E-state index is 0.0635. The Bertz CT molecular complexity index is 885. The van der Waals surface area contributed by atoms with Crippen LogP contribution in [-0.2, 0) is 0 Å². The molecule has 3 rings (SSSR count). The van der Waals surface area contributed by atoms with Crippen LogP contribution >= 0.6 is 0 Å². The van der Waals surface area contributed by atoms with E-state index in [4.69, 9.17) is 14.9 Å². The molecule has 3 aromatic rings. The second-order valence-electron chi connectivity index (χ2n) is 4.74. The molecule has 0 saturated heterocycles. The number of nitrogens with two attached hydrogens (primary N) is 1. The van der Waals surface area contributed by atoms with Crippen molar-refractivity contribution in [3.05, 3.63) is 48.0 Å². The second-order valence-corrected chi connectivity index (χ2v) is 4.74. The number of aromatic nitrogens is 3. The average Bonchev–Trinajstić information content (AvgIpc) is 3.25. The van der Waals surface area contributed by atoms with Gasteiger partial charge in [0.15, 0.2) is 11.5 Å². The quantitative estimate of drug-likeness (QED) is 0.648. The number of rotatable bonds is 5. The summed E-state index contributed by atoms with van der Waals surface area (Å²) in [5.74, 6) is -0.550. The highest BCUT2D eigenvalue weighted by atomic mass is 16.5. The number of nitrogens with zero attached hydrogens (tertiary/aromatic N) is 2. The van der Waals surface area contributed by atoms with E-state index in [1.54, 1.807) is 18.2 Å². The van der Waals surface area contributed by atoms with Gasteiger partial charge in [0.25, 0.3) is 11.8 Å². The lowest BCUT2D eigenvalue weighted by Gasteiger charge is -2.07. The fourth-order valence-electron chi connectivity index (χ4n) is 2.05. The molecule has 4 N–H and O–H groups in total. The van der Waals surface area contributed by atoms with Crippen molar-refractivity contribution in [1.29, 1.82) is 0 Å². The van der Waals surface area contributed by atoms with E-state index in [2.05, 4.69) is 20.5 Å². The number of amides is 2. The largest absolute Gasteiger partial charge is 0.480 e. The van der Waals surface area contributed by atoms with Crippen molar-refractivity contribution in [3.8, 4) is 17.3 Å². The van der Waals surface area contributed by atoms with Crippen LogP contribution in [0.15, 0.2) is 41.1 Å². The summed E-state index contributed by atoms with van der Waals surface area (Å²) in [7, 11) is 1.37. The molecular formula is C15H13N5O4. The van der Waals surface area contributed by atoms with Gasteiger partial charge < -0.3 is 20.2 Å². The molecule has 2 amide bonds. The van der Waals surface area contributed by atoms with Crippen molar-refractivity contribution in [2.75, 3.05) is 12.4 Å². The van der Waals surface area contributed by atoms with Crippen LogP contribution in [0.5, 0.6) is 5.88 Å². The molecule has 0 aliphatic carbocycles. The number of furan rings is 1. The van der Waals surface area contributed by atoms with Gasteiger partial charge in [-0.1, -0.05) is 0 Å². The number of aromatic amines is 1. The van der Waals surface area contributed by atoms with Crippen molar-refractivity contribution >= 4 is 17.5 Å². The van der Waals surface area contributed by atoms with E-state index in [0.29, 0.717) is 11.5 Å². The molecule has 9 nitrogen and oxygen atoms in total. The van der Waals surface area contributed by atoms with Crippen LogP contribution in [0.2, 0.25) is 0 Å². The van der Waals surface area contributed by atoms with Crippen LogP contribution in [0.4, 0.5) is 5.69 Å². The number of carbonyl (C=O) groups excluding carboxylic acids is 2. The smallest absolute Gasteiger partial charge is 0.276 e. The predicted octanol–water partition coefficient (Wildman–Crippen LogP) is 1.42. The minimum Gasteiger partial charge on any atom is -0.480 e. The lowest BCUT2D eigenvalue weighted by molar-refractivity contribution is 0.0992. The number of primary amides is 1. The molecule has 3 heterocycles. The van der Waals surface area contributed by atoms with Gasteiger partial charge in [-0.2, -0.15) is 5.10 Å². The number of hydrogen-bond acceptors (Lipinski definition) is 6. The lowest BCUT2D eigenvalue weighted by Crippen LogP contribution is -2.16. The zero-order chi connectivity index (χ0) is 17.1. The number of ether oxygens (including phenoxy) is 1. The van der Waals surface area contributed by atoms with E-state index < -0.39 is 11.8 Å². The summed E-state index contributed by atoms with van der Waals surface area (Å²) in [5.41, 5.74) is 6.33. The molecule has 3 aromatic heterocycles. The number of anilines is 1. The summed E-state index contributed by atoms with van der Waals surface area (Å²) in [6, 6.07) is 6.39. The highest BCUT2D eigenvalue weighted by Crippen LogP contribution is 2.21. The third kappa shape index (κ3) is 2.95. The maximum Gasteiger partial charge on any atom is 0.276 e. The van der Waals surface area contributed by atoms with Crippen LogP contribution < -0.4 is 15.8 Å². The molecule has 0 fully saturated rings. The number of pyridine rings is 1. The second kappa shape index (κ2) is 6.24. The topological polar surface area (TPSA) is 136 Å². The molecule has 0 aliphatic heterocycles. The number of hydrogen-bond donors (Lipinski definition) is 3. The first-order valence-electron chi connectivity index (χ1n) is 6.83. The molecule has 0 bridgehead atoms. The molecule has 0 atom stereocenters. The summed E-state index contributed by atoms with van der Waals surface area (Å²) in [5, 5.41) is 9.22. The molecular weight excluding hydrogens is 314 g/mol. The van der Waals surface area contributed by atoms with Gasteiger partial charge in [0, 0.05) is 6.07 Å². The third-order valence-corrected chi connectivity index (χ3v) is 3.16. The average molecular weight is 327 g/mol. The first kappa shape index (κ1) is 15.3. The summed E-state index contributed by atoms with van der Waals surface area (Å²) < 4.78 is 10.2. The lowest BCUT2D eigenvalue weighted by atomic mass is 10.2. The Kier molecular flexibility index (Phi) is 3.98. The normalized spacial score (nSPS) is 10.4. The maximum absolute atomic E-state index is 12.2. The van der Waals surface area contributed by atoms with Gasteiger partial charge in [0.2, 0.25) is 5.88 Å². The molecule has 0 saturated carbocycles. The van der Waals surface area contributed by atoms with E-state index in [1.165, 1.54) is 25.6 Å². The highest BCUT2D eigenvalue weighted by molar-refractivity contribution is 6.04. The van der Waals surface area contributed by atoms with Gasteiger partial charge in [-0.05, 0) is 18.2 Å². The Morgan fingerprint density at radius 3 is 2.88 bits per heavy atom. The first-order valence-corrected chi connectivity index (χ1v) is 6.83. The van der Waals surface area contributed by atoms with Crippen LogP contribution in [0.3, 0.4) is 0 Å². The number of carbonyl (C=O) groups is 2. The fourth-order valence-corrected chi connectivity index (χ4v) is 2.05. The van der Waals surface area contributed by atoms with E-state index in [0.717, 1.165) is 0 Å². The summed E-state index contributed by atoms with van der Waals surface area (Å²) >= 11 is 0. The molecule has 9 heteroatoms. The third-order valence-electron chi connectivity index (χ3n) is 3.16. The van der Waals surface area contributed by atoms with Gasteiger partial charge in [0.05, 0.1) is 25.3 Å². The van der Waals surface area contributed by atoms with E-state index in [9.17, 15) is 9.59 Å². The van der Waals surface area contributed by atoms with Gasteiger partial charge in [0.1, 0.15) is 11.3 Å². The molecule has 24 heavy (non-hydrogen) atoms. The SMILES string of the molecule is COc1ncc(NC(=O)c2cc(-c3ccco3)[nH]n2)cc1C(N)=O. The van der Waals surface area contributed by atoms with Crippen molar-refractivity contribution in [2.24, 2.45) is 5.73 Å². The standard InChI is InChI=1S/C15H13N5O4/c1-23-15-9(13(16)21)5-8(7-17-15)18-14(22)11-6-10(19-20-11)12-3-2-4-24-12/h2-7H,1H3,(H2,16,21)(H,18,22)(H,19,20). The molecule has 0 unspecified atom stereocenters. The van der Waals surface area contributed by atoms with Crippen LogP contribution in [0.1, 0.15) is 20.8 Å². The zero-order valence-corrected chi connectivity index (χ0v) is 12.6. The van der Waals surface area contributed by atoms with Crippen molar-refractivity contribution in [2.45, 2.75) is 0 Å². The van der Waals surface area contributed by atoms with Gasteiger partial charge >= 0.3 is 0 Å². The van der Waals surface area contributed by atoms with E-state index in [1.807, 2.05) is 0 Å². The Morgan fingerprint density at radius 2 is 2.21 bits per heavy atom. The first-order chi connectivity index (χ1) is 11.6. The Balaban J connectivity index is 1.80. The summed E-state index contributed by atoms with van der Waals surface area (Å²) in [4.78, 5) is 27.5. The molecule has 122 valence electrons. The van der Waals surface area contributed by atoms with E-state index in [-0.39, 0.29) is 22.8 Å². The number of H-pyrrole nitrogens is 1. The fraction of sp³-hybridized carbons (Fsp3) is 0.0667. The highest BCUT2D eigenvalue weighted by Gasteiger charge is 2.16. The van der Waals surface area contributed by atoms with Gasteiger partial charge in [-0.25, -0.2) is 4.98 Å². The van der Waals surface area contributed by atoms with Crippen LogP contribution in [-0.4, -0.2) is 34.1 Å². The minimum atomic E-state index is -0.713. The molecule has 0 aromatic carbocycles. The van der Waals surface area contributed by atoms with Crippen molar-refractivity contribution in [3.63, 3.8) is 0 Å². The molecule has 0 aliphatic rings. The monoisotopic (exact) mass is 327 g/mol. The Labute approximate surface area is 135 Å². The van der Waals surface area contributed by atoms with Gasteiger partial charge in [-0.15, -0.1) is 0 Å². The summed E-state index contributed by atoms with van der Waals surface area (Å²) in [6.07, 6.45) is 2.87. The van der Waals surface area contributed by atoms with Crippen molar-refractivity contribution in [1.82, 2.24) is 15.2 Å². The summed E-state index contributed by atoms with van der Waals surface area (Å²) in [6.45, 7) is 0. The van der Waals surface area contributed by atoms with Crippen LogP contribution in [0, 0.1) is 0 Å². The number of methoxy groups -OCH3 is 1. The number of nitrogens with one attached hydrogen (secondary N) is 2.